The predicted molar refractivity (Wildman–Crippen MR) is 198 cm³/mol. The Bertz CT molecular complexity index is 1740. The molecule has 14 nitrogen and oxygen atoms in total. The minimum absolute atomic E-state index is 0.187. The first-order chi connectivity index (χ1) is 25.2. The second kappa shape index (κ2) is 17.5. The molecule has 1 aliphatic rings. The van der Waals surface area contributed by atoms with Gasteiger partial charge in [-0.2, -0.15) is 0 Å². The third kappa shape index (κ3) is 9.41. The second-order valence-electron chi connectivity index (χ2n) is 12.2. The lowest BCUT2D eigenvalue weighted by Gasteiger charge is -2.35. The largest absolute Gasteiger partial charge is 0.478 e. The van der Waals surface area contributed by atoms with Crippen LogP contribution in [0.3, 0.4) is 0 Å². The first-order valence-electron chi connectivity index (χ1n) is 16.8. The molecule has 0 bridgehead atoms. The number of hydrogen-bond acceptors (Lipinski definition) is 10. The summed E-state index contributed by atoms with van der Waals surface area (Å²) >= 11 is 0. The molecule has 1 heterocycles. The van der Waals surface area contributed by atoms with Crippen LogP contribution in [-0.2, 0) is 0 Å². The number of carboxylic acid groups (broad SMARTS) is 2. The van der Waals surface area contributed by atoms with Gasteiger partial charge in [0.1, 0.15) is 0 Å². The zero-order valence-electron chi connectivity index (χ0n) is 28.3. The topological polar surface area (TPSA) is 181 Å². The van der Waals surface area contributed by atoms with Gasteiger partial charge in [0.2, 0.25) is 0 Å². The second-order valence-corrected chi connectivity index (χ2v) is 12.2. The first-order valence-corrected chi connectivity index (χ1v) is 16.8. The molecule has 268 valence electrons. The average Bonchev–Trinajstić information content (AvgIpc) is 3.18. The van der Waals surface area contributed by atoms with Crippen molar-refractivity contribution in [3.8, 4) is 0 Å². The maximum Gasteiger partial charge on any atom is 0.335 e. The van der Waals surface area contributed by atoms with Gasteiger partial charge in [-0.3, -0.25) is 9.59 Å². The number of carbonyl (C=O) groups excluding carboxylic acids is 2. The lowest BCUT2D eigenvalue weighted by atomic mass is 10.1. The third-order valence-electron chi connectivity index (χ3n) is 9.08. The number of amides is 2. The molecule has 0 aromatic heterocycles. The summed E-state index contributed by atoms with van der Waals surface area (Å²) in [4.78, 5) is 77.3. The van der Waals surface area contributed by atoms with Crippen LogP contribution in [0.25, 0.3) is 0 Å². The van der Waals surface area contributed by atoms with Crippen LogP contribution in [0.5, 0.6) is 0 Å². The molecule has 1 saturated heterocycles. The molecule has 1 fully saturated rings. The normalized spacial score (nSPS) is 14.6. The van der Waals surface area contributed by atoms with E-state index in [9.17, 15) is 39.2 Å². The van der Waals surface area contributed by atoms with E-state index >= 15 is 0 Å². The fourth-order valence-electron chi connectivity index (χ4n) is 6.23. The quantitative estimate of drug-likeness (QED) is 0.204. The minimum atomic E-state index is -1.01. The maximum atomic E-state index is 11.9. The fraction of sp³-hybridized carbons (Fsp3) is 0.263. The molecule has 0 spiro atoms. The van der Waals surface area contributed by atoms with E-state index in [-0.39, 0.29) is 22.3 Å². The molecule has 0 saturated carbocycles. The number of benzene rings is 4. The molecule has 1 aliphatic heterocycles. The smallest absolute Gasteiger partial charge is 0.335 e. The number of hydrogen-bond donors (Lipinski definition) is 2. The number of rotatable bonds is 8. The van der Waals surface area contributed by atoms with Gasteiger partial charge in [-0.15, -0.1) is 9.81 Å². The lowest BCUT2D eigenvalue weighted by molar-refractivity contribution is 0.0686. The molecule has 4 aromatic rings. The predicted octanol–water partition coefficient (Wildman–Crippen LogP) is 6.02. The molecule has 4 aromatic carbocycles. The molecule has 0 aliphatic carbocycles. The van der Waals surface area contributed by atoms with Crippen molar-refractivity contribution in [3.05, 3.63) is 129 Å². The van der Waals surface area contributed by atoms with E-state index in [0.29, 0.717) is 65.2 Å². The zero-order valence-corrected chi connectivity index (χ0v) is 28.3. The van der Waals surface area contributed by atoms with Gasteiger partial charge in [0.15, 0.2) is 0 Å². The van der Waals surface area contributed by atoms with Crippen LogP contribution in [0.15, 0.2) is 107 Å². The number of carboxylic acids is 2. The van der Waals surface area contributed by atoms with E-state index < -0.39 is 23.8 Å². The molecular formula is C38H38N6O8. The number of nitrogens with zero attached hydrogens (tertiary/aromatic N) is 6. The Balaban J connectivity index is 1.46. The van der Waals surface area contributed by atoms with E-state index in [0.717, 1.165) is 22.7 Å². The van der Waals surface area contributed by atoms with Crippen molar-refractivity contribution < 1.29 is 29.4 Å². The van der Waals surface area contributed by atoms with E-state index in [2.05, 4.69) is 30.0 Å². The van der Waals surface area contributed by atoms with Crippen LogP contribution in [-0.4, -0.2) is 86.3 Å². The van der Waals surface area contributed by atoms with Crippen molar-refractivity contribution in [1.29, 1.82) is 0 Å². The zero-order chi connectivity index (χ0) is 37.0. The maximum absolute atomic E-state index is 11.9. The van der Waals surface area contributed by atoms with Crippen LogP contribution < -0.4 is 19.6 Å². The number of carbonyl (C=O) groups is 4. The molecule has 2 N–H and O–H groups in total. The summed E-state index contributed by atoms with van der Waals surface area (Å²) in [6, 6.07) is 27.0. The summed E-state index contributed by atoms with van der Waals surface area (Å²) in [6.07, 6.45) is 1.42. The Labute approximate surface area is 299 Å². The molecule has 14 heteroatoms. The van der Waals surface area contributed by atoms with Crippen LogP contribution in [0.1, 0.15) is 54.3 Å². The van der Waals surface area contributed by atoms with Gasteiger partial charge in [-0.25, -0.2) is 9.59 Å². The van der Waals surface area contributed by atoms with Gasteiger partial charge in [0, 0.05) is 96.6 Å². The van der Waals surface area contributed by atoms with Gasteiger partial charge in [0.05, 0.1) is 11.1 Å². The van der Waals surface area contributed by atoms with E-state index in [1.54, 1.807) is 97.1 Å². The number of aromatic carboxylic acids is 2. The third-order valence-corrected chi connectivity index (χ3v) is 9.08. The standard InChI is InChI=1S/C38H38N6O8/c45-35(39-51)27-3-11-31(12-4-27)41-19-1-21-43(33-15-7-29(8-16-33)37(47)48)25-24-42(32-13-5-28(6-14-32)36(46)40-52)20-2-22-44(26-23-41)34-17-9-30(10-18-34)38(49)50/h3-18H,1-2,19-26H2,(H,47,48)(H,49,50). The Hall–Kier alpha value is -6.44. The van der Waals surface area contributed by atoms with Crippen LogP contribution in [0.2, 0.25) is 0 Å². The van der Waals surface area contributed by atoms with Crippen LogP contribution in [0, 0.1) is 9.81 Å². The molecule has 0 unspecified atom stereocenters. The monoisotopic (exact) mass is 706 g/mol. The molecule has 0 radical (unpaired) electrons. The summed E-state index contributed by atoms with van der Waals surface area (Å²) in [7, 11) is 0. The average molecular weight is 707 g/mol. The minimum Gasteiger partial charge on any atom is -0.478 e. The first kappa shape index (κ1) is 36.8. The molecule has 2 amide bonds. The number of anilines is 4. The van der Waals surface area contributed by atoms with Crippen molar-refractivity contribution in [3.63, 3.8) is 0 Å². The molecule has 5 rings (SSSR count). The summed E-state index contributed by atoms with van der Waals surface area (Å²) in [5, 5.41) is 24.0. The van der Waals surface area contributed by atoms with Crippen molar-refractivity contribution >= 4 is 46.5 Å². The van der Waals surface area contributed by atoms with Crippen molar-refractivity contribution in [2.75, 3.05) is 72.0 Å². The molecule has 0 atom stereocenters. The highest BCUT2D eigenvalue weighted by molar-refractivity contribution is 5.95. The lowest BCUT2D eigenvalue weighted by Crippen LogP contribution is -2.41. The Kier molecular flexibility index (Phi) is 12.4. The summed E-state index contributed by atoms with van der Waals surface area (Å²) in [5.74, 6) is -3.71. The number of nitroso groups, excluding NO2 is 2. The fourth-order valence-corrected chi connectivity index (χ4v) is 6.23. The van der Waals surface area contributed by atoms with Crippen molar-refractivity contribution in [1.82, 2.24) is 0 Å². The van der Waals surface area contributed by atoms with Gasteiger partial charge in [-0.1, -0.05) is 0 Å². The van der Waals surface area contributed by atoms with Gasteiger partial charge >= 0.3 is 23.8 Å². The Morgan fingerprint density at radius 2 is 0.615 bits per heavy atom. The Morgan fingerprint density at radius 3 is 0.827 bits per heavy atom. The highest BCUT2D eigenvalue weighted by atomic mass is 16.4. The van der Waals surface area contributed by atoms with Gasteiger partial charge < -0.3 is 29.8 Å². The summed E-state index contributed by atoms with van der Waals surface area (Å²) < 4.78 is 0. The highest BCUT2D eigenvalue weighted by Gasteiger charge is 2.18. The van der Waals surface area contributed by atoms with Crippen LogP contribution in [0.4, 0.5) is 22.7 Å². The summed E-state index contributed by atoms with van der Waals surface area (Å²) in [5.41, 5.74) is 4.20. The molecular weight excluding hydrogens is 668 g/mol. The van der Waals surface area contributed by atoms with E-state index in [1.165, 1.54) is 0 Å². The highest BCUT2D eigenvalue weighted by Crippen LogP contribution is 2.23. The van der Waals surface area contributed by atoms with Gasteiger partial charge in [0.25, 0.3) is 0 Å². The van der Waals surface area contributed by atoms with Crippen molar-refractivity contribution in [2.45, 2.75) is 12.8 Å². The Morgan fingerprint density at radius 1 is 0.385 bits per heavy atom. The van der Waals surface area contributed by atoms with Crippen molar-refractivity contribution in [2.24, 2.45) is 10.4 Å². The van der Waals surface area contributed by atoms with E-state index in [4.69, 9.17) is 0 Å². The summed E-state index contributed by atoms with van der Waals surface area (Å²) in [6.45, 7) is 4.83. The SMILES string of the molecule is O=NC(=O)c1ccc(N2CCCN(c3ccc(C(=O)O)cc3)CCN(c3ccc(C(=O)N=O)cc3)CCCN(c3ccc(C(=O)O)cc3)CC2)cc1. The van der Waals surface area contributed by atoms with Gasteiger partial charge in [-0.05, 0) is 110 Å². The molecule has 52 heavy (non-hydrogen) atoms. The van der Waals surface area contributed by atoms with Crippen LogP contribution >= 0.6 is 0 Å². The van der Waals surface area contributed by atoms with E-state index in [1.807, 2.05) is 0 Å².